The zero-order chi connectivity index (χ0) is 12.3. The predicted molar refractivity (Wildman–Crippen MR) is 60.5 cm³/mol. The van der Waals surface area contributed by atoms with Gasteiger partial charge >= 0.3 is 5.97 Å². The van der Waals surface area contributed by atoms with Gasteiger partial charge in [0.1, 0.15) is 12.0 Å². The summed E-state index contributed by atoms with van der Waals surface area (Å²) >= 11 is 0. The van der Waals surface area contributed by atoms with Crippen LogP contribution in [0.4, 0.5) is 0 Å². The molecule has 2 rings (SSSR count). The Morgan fingerprint density at radius 1 is 1.53 bits per heavy atom. The molecule has 17 heavy (non-hydrogen) atoms. The molecule has 2 aromatic rings. The molecular formula is C11H14N4O2. The van der Waals surface area contributed by atoms with Crippen LogP contribution in [0, 0.1) is 0 Å². The lowest BCUT2D eigenvalue weighted by atomic mass is 10.4. The topological polar surface area (TPSA) is 61.9 Å². The molecule has 90 valence electrons. The first-order valence-corrected chi connectivity index (χ1v) is 5.37. The maximum Gasteiger partial charge on any atom is 0.354 e. The van der Waals surface area contributed by atoms with Crippen LogP contribution in [0.3, 0.4) is 0 Å². The molecule has 0 atom stereocenters. The molecule has 0 aliphatic rings. The van der Waals surface area contributed by atoms with Gasteiger partial charge in [-0.2, -0.15) is 0 Å². The molecule has 0 saturated carbocycles. The van der Waals surface area contributed by atoms with Crippen molar-refractivity contribution >= 4 is 5.97 Å². The number of carbonyl (C=O) groups is 1. The van der Waals surface area contributed by atoms with Crippen molar-refractivity contribution in [3.8, 4) is 0 Å². The molecule has 6 heteroatoms. The molecule has 0 unspecified atom stereocenters. The van der Waals surface area contributed by atoms with Gasteiger partial charge in [-0.1, -0.05) is 0 Å². The SMILES string of the molecule is CCOC(=O)c1cccn1Cc1nncn1C. The smallest absolute Gasteiger partial charge is 0.354 e. The first kappa shape index (κ1) is 11.4. The van der Waals surface area contributed by atoms with Crippen LogP contribution in [0.25, 0.3) is 0 Å². The number of aryl methyl sites for hydroxylation is 1. The van der Waals surface area contributed by atoms with Crippen molar-refractivity contribution < 1.29 is 9.53 Å². The average molecular weight is 234 g/mol. The third-order valence-corrected chi connectivity index (χ3v) is 2.43. The first-order chi connectivity index (χ1) is 8.22. The summed E-state index contributed by atoms with van der Waals surface area (Å²) in [5.41, 5.74) is 0.523. The highest BCUT2D eigenvalue weighted by Gasteiger charge is 2.13. The van der Waals surface area contributed by atoms with Crippen molar-refractivity contribution in [1.82, 2.24) is 19.3 Å². The molecule has 0 aliphatic carbocycles. The number of rotatable bonds is 4. The number of aromatic nitrogens is 4. The third kappa shape index (κ3) is 2.35. The van der Waals surface area contributed by atoms with Crippen LogP contribution >= 0.6 is 0 Å². The van der Waals surface area contributed by atoms with E-state index >= 15 is 0 Å². The summed E-state index contributed by atoms with van der Waals surface area (Å²) in [6.07, 6.45) is 3.45. The highest BCUT2D eigenvalue weighted by atomic mass is 16.5. The second-order valence-electron chi connectivity index (χ2n) is 3.60. The quantitative estimate of drug-likeness (QED) is 0.735. The molecule has 0 bridgehead atoms. The van der Waals surface area contributed by atoms with Crippen molar-refractivity contribution in [2.24, 2.45) is 7.05 Å². The highest BCUT2D eigenvalue weighted by molar-refractivity contribution is 5.87. The van der Waals surface area contributed by atoms with E-state index in [1.54, 1.807) is 23.9 Å². The fraction of sp³-hybridized carbons (Fsp3) is 0.364. The fourth-order valence-electron chi connectivity index (χ4n) is 1.54. The van der Waals surface area contributed by atoms with Crippen molar-refractivity contribution in [1.29, 1.82) is 0 Å². The predicted octanol–water partition coefficient (Wildman–Crippen LogP) is 0.842. The van der Waals surface area contributed by atoms with E-state index in [1.165, 1.54) is 0 Å². The Labute approximate surface area is 98.8 Å². The lowest BCUT2D eigenvalue weighted by molar-refractivity contribution is 0.0514. The van der Waals surface area contributed by atoms with Gasteiger partial charge in [0.25, 0.3) is 0 Å². The summed E-state index contributed by atoms with van der Waals surface area (Å²) in [7, 11) is 1.86. The van der Waals surface area contributed by atoms with E-state index in [9.17, 15) is 4.79 Å². The fourth-order valence-corrected chi connectivity index (χ4v) is 1.54. The molecule has 0 spiro atoms. The van der Waals surface area contributed by atoms with Crippen LogP contribution in [0.15, 0.2) is 24.7 Å². The maximum absolute atomic E-state index is 11.7. The number of carbonyl (C=O) groups excluding carboxylic acids is 1. The molecule has 0 aromatic carbocycles. The van der Waals surface area contributed by atoms with E-state index in [4.69, 9.17) is 4.74 Å². The number of hydrogen-bond acceptors (Lipinski definition) is 4. The third-order valence-electron chi connectivity index (χ3n) is 2.43. The Bertz CT molecular complexity index is 515. The molecule has 0 saturated heterocycles. The second kappa shape index (κ2) is 4.82. The van der Waals surface area contributed by atoms with Gasteiger partial charge in [0.15, 0.2) is 5.82 Å². The molecular weight excluding hydrogens is 220 g/mol. The Kier molecular flexibility index (Phi) is 3.22. The van der Waals surface area contributed by atoms with Gasteiger partial charge in [0.05, 0.1) is 13.2 Å². The maximum atomic E-state index is 11.7. The Balaban J connectivity index is 2.20. The van der Waals surface area contributed by atoms with Crippen LogP contribution in [-0.4, -0.2) is 31.9 Å². The van der Waals surface area contributed by atoms with Crippen molar-refractivity contribution in [2.75, 3.05) is 6.61 Å². The summed E-state index contributed by atoms with van der Waals surface area (Å²) in [6.45, 7) is 2.65. The van der Waals surface area contributed by atoms with Gasteiger partial charge in [-0.3, -0.25) is 0 Å². The standard InChI is InChI=1S/C11H14N4O2/c1-3-17-11(16)9-5-4-6-15(9)7-10-13-12-8-14(10)2/h4-6,8H,3,7H2,1-2H3. The Morgan fingerprint density at radius 3 is 3.00 bits per heavy atom. The van der Waals surface area contributed by atoms with E-state index < -0.39 is 0 Å². The average Bonchev–Trinajstić information content (AvgIpc) is 2.90. The van der Waals surface area contributed by atoms with E-state index in [0.29, 0.717) is 18.8 Å². The first-order valence-electron chi connectivity index (χ1n) is 5.37. The summed E-state index contributed by atoms with van der Waals surface area (Å²) < 4.78 is 8.58. The van der Waals surface area contributed by atoms with E-state index in [-0.39, 0.29) is 5.97 Å². The van der Waals surface area contributed by atoms with Crippen LogP contribution < -0.4 is 0 Å². The monoisotopic (exact) mass is 234 g/mol. The van der Waals surface area contributed by atoms with Crippen LogP contribution in [0.5, 0.6) is 0 Å². The lowest BCUT2D eigenvalue weighted by Gasteiger charge is -2.07. The number of ether oxygens (including phenoxy) is 1. The summed E-state index contributed by atoms with van der Waals surface area (Å²) in [6, 6.07) is 3.54. The van der Waals surface area contributed by atoms with Gasteiger partial charge < -0.3 is 13.9 Å². The molecule has 0 aliphatic heterocycles. The van der Waals surface area contributed by atoms with E-state index in [0.717, 1.165) is 5.82 Å². The molecule has 6 nitrogen and oxygen atoms in total. The van der Waals surface area contributed by atoms with Crippen LogP contribution in [0.1, 0.15) is 23.2 Å². The van der Waals surface area contributed by atoms with Gasteiger partial charge in [-0.15, -0.1) is 10.2 Å². The van der Waals surface area contributed by atoms with Gasteiger partial charge in [0, 0.05) is 13.2 Å². The normalized spacial score (nSPS) is 10.5. The minimum Gasteiger partial charge on any atom is -0.461 e. The molecule has 0 radical (unpaired) electrons. The van der Waals surface area contributed by atoms with Gasteiger partial charge in [0.2, 0.25) is 0 Å². The molecule has 2 aromatic heterocycles. The second-order valence-corrected chi connectivity index (χ2v) is 3.60. The minimum absolute atomic E-state index is 0.320. The number of esters is 1. The van der Waals surface area contributed by atoms with Crippen LogP contribution in [-0.2, 0) is 18.3 Å². The summed E-state index contributed by atoms with van der Waals surface area (Å²) in [5, 5.41) is 7.77. The summed E-state index contributed by atoms with van der Waals surface area (Å²) in [4.78, 5) is 11.7. The van der Waals surface area contributed by atoms with Crippen LogP contribution in [0.2, 0.25) is 0 Å². The van der Waals surface area contributed by atoms with Gasteiger partial charge in [-0.25, -0.2) is 4.79 Å². The minimum atomic E-state index is -0.320. The number of hydrogen-bond donors (Lipinski definition) is 0. The van der Waals surface area contributed by atoms with E-state index in [1.807, 2.05) is 23.9 Å². The molecule has 2 heterocycles. The highest BCUT2D eigenvalue weighted by Crippen LogP contribution is 2.07. The Morgan fingerprint density at radius 2 is 2.35 bits per heavy atom. The zero-order valence-corrected chi connectivity index (χ0v) is 9.83. The summed E-state index contributed by atoms with van der Waals surface area (Å²) in [5.74, 6) is 0.464. The van der Waals surface area contributed by atoms with Crippen molar-refractivity contribution in [3.05, 3.63) is 36.2 Å². The zero-order valence-electron chi connectivity index (χ0n) is 9.83. The van der Waals surface area contributed by atoms with E-state index in [2.05, 4.69) is 10.2 Å². The molecule has 0 N–H and O–H groups in total. The largest absolute Gasteiger partial charge is 0.461 e. The van der Waals surface area contributed by atoms with Crippen molar-refractivity contribution in [3.63, 3.8) is 0 Å². The van der Waals surface area contributed by atoms with Crippen molar-refractivity contribution in [2.45, 2.75) is 13.5 Å². The lowest BCUT2D eigenvalue weighted by Crippen LogP contribution is -2.14. The molecule has 0 amide bonds. The number of nitrogens with zero attached hydrogens (tertiary/aromatic N) is 4. The molecule has 0 fully saturated rings. The van der Waals surface area contributed by atoms with Gasteiger partial charge in [-0.05, 0) is 19.1 Å². The Hall–Kier alpha value is -2.11.